The Kier molecular flexibility index (Phi) is 10.0. The largest absolute Gasteiger partial charge is 0.505 e. The molecule has 0 radical (unpaired) electrons. The van der Waals surface area contributed by atoms with E-state index in [2.05, 4.69) is 31.1 Å². The van der Waals surface area contributed by atoms with Gasteiger partial charge in [-0.2, -0.15) is 0 Å². The number of hydrogen-bond acceptors (Lipinski definition) is 8. The molecular formula is C42H30Cl2N6O4. The van der Waals surface area contributed by atoms with Crippen molar-refractivity contribution in [3.05, 3.63) is 154 Å². The molecule has 0 bridgehead atoms. The van der Waals surface area contributed by atoms with E-state index in [0.29, 0.717) is 54.3 Å². The zero-order valence-corrected chi connectivity index (χ0v) is 30.3. The Morgan fingerprint density at radius 1 is 0.500 bits per heavy atom. The number of hydrogen-bond donors (Lipinski definition) is 4. The summed E-state index contributed by atoms with van der Waals surface area (Å²) in [4.78, 5) is 27.1. The van der Waals surface area contributed by atoms with Gasteiger partial charge in [-0.1, -0.05) is 96.0 Å². The van der Waals surface area contributed by atoms with Crippen molar-refractivity contribution in [2.75, 3.05) is 10.6 Å². The Bertz CT molecular complexity index is 2450. The molecule has 0 aliphatic carbocycles. The molecule has 2 amide bonds. The van der Waals surface area contributed by atoms with Crippen LogP contribution in [0.2, 0.25) is 10.0 Å². The number of halogens is 2. The van der Waals surface area contributed by atoms with E-state index in [9.17, 15) is 19.8 Å². The predicted octanol–water partition coefficient (Wildman–Crippen LogP) is 12.7. The number of phenols is 2. The van der Waals surface area contributed by atoms with Gasteiger partial charge in [-0.25, -0.2) is 0 Å². The Balaban J connectivity index is 1.12. The fraction of sp³-hybridized carbons (Fsp3) is 0.0476. The smallest absolute Gasteiger partial charge is 0.259 e. The molecule has 0 aliphatic rings. The number of anilines is 2. The molecule has 7 aromatic carbocycles. The fourth-order valence-electron chi connectivity index (χ4n) is 5.92. The summed E-state index contributed by atoms with van der Waals surface area (Å²) in [6.07, 6.45) is 0. The Labute approximate surface area is 319 Å². The molecule has 0 unspecified atom stereocenters. The minimum atomic E-state index is -0.588. The van der Waals surface area contributed by atoms with Crippen LogP contribution in [-0.4, -0.2) is 22.0 Å². The summed E-state index contributed by atoms with van der Waals surface area (Å²) in [6.45, 7) is 3.70. The second kappa shape index (κ2) is 15.2. The van der Waals surface area contributed by atoms with Crippen LogP contribution >= 0.6 is 23.2 Å². The van der Waals surface area contributed by atoms with Crippen molar-refractivity contribution in [3.8, 4) is 11.5 Å². The lowest BCUT2D eigenvalue weighted by Gasteiger charge is -2.13. The first-order chi connectivity index (χ1) is 26.1. The van der Waals surface area contributed by atoms with Crippen molar-refractivity contribution in [1.82, 2.24) is 0 Å². The summed E-state index contributed by atoms with van der Waals surface area (Å²) in [6, 6.07) is 34.6. The van der Waals surface area contributed by atoms with Crippen LogP contribution in [0.15, 0.2) is 142 Å². The number of aryl methyl sites for hydroxylation is 2. The molecule has 0 aliphatic heterocycles. The van der Waals surface area contributed by atoms with E-state index in [-0.39, 0.29) is 34.0 Å². The van der Waals surface area contributed by atoms with Crippen molar-refractivity contribution < 1.29 is 19.8 Å². The number of azo groups is 2. The average molecular weight is 754 g/mol. The van der Waals surface area contributed by atoms with Crippen LogP contribution in [0.3, 0.4) is 0 Å². The molecule has 4 N–H and O–H groups in total. The van der Waals surface area contributed by atoms with Gasteiger partial charge in [-0.05, 0) is 84.3 Å². The topological polar surface area (TPSA) is 148 Å². The first kappa shape index (κ1) is 35.8. The summed E-state index contributed by atoms with van der Waals surface area (Å²) in [7, 11) is 0. The van der Waals surface area contributed by atoms with Crippen molar-refractivity contribution in [2.24, 2.45) is 20.5 Å². The van der Waals surface area contributed by atoms with Crippen LogP contribution in [0.5, 0.6) is 11.5 Å². The summed E-state index contributed by atoms with van der Waals surface area (Å²) < 4.78 is 0. The third-order valence-electron chi connectivity index (χ3n) is 8.76. The zero-order valence-electron chi connectivity index (χ0n) is 28.8. The SMILES string of the molecule is Cc1cccc(Cl)c1N=Nc1c(O)c(C(=O)Nc2ccc(NC(=O)c3cc4ccccc4c(N=Nc4c(C)cccc4Cl)c3O)cc2)cc2ccccc12. The number of fused-ring (bicyclic) bond motifs is 2. The number of aromatic hydroxyl groups is 2. The van der Waals surface area contributed by atoms with Crippen LogP contribution in [0.25, 0.3) is 21.5 Å². The highest BCUT2D eigenvalue weighted by Gasteiger charge is 2.21. The van der Waals surface area contributed by atoms with Gasteiger partial charge in [0.15, 0.2) is 11.5 Å². The fourth-order valence-corrected chi connectivity index (χ4v) is 6.44. The molecule has 54 heavy (non-hydrogen) atoms. The maximum absolute atomic E-state index is 13.5. The van der Waals surface area contributed by atoms with E-state index < -0.39 is 11.8 Å². The summed E-state index contributed by atoms with van der Waals surface area (Å²) in [5.74, 6) is -1.87. The maximum Gasteiger partial charge on any atom is 0.259 e. The van der Waals surface area contributed by atoms with Crippen LogP contribution in [0.1, 0.15) is 31.8 Å². The number of benzene rings is 7. The van der Waals surface area contributed by atoms with Gasteiger partial charge < -0.3 is 20.8 Å². The lowest BCUT2D eigenvalue weighted by Crippen LogP contribution is -2.13. The lowest BCUT2D eigenvalue weighted by atomic mass is 10.0. The molecule has 0 heterocycles. The van der Waals surface area contributed by atoms with Gasteiger partial charge in [0.25, 0.3) is 11.8 Å². The molecule has 0 saturated heterocycles. The monoisotopic (exact) mass is 752 g/mol. The molecular weight excluding hydrogens is 723 g/mol. The minimum absolute atomic E-state index is 0.0136. The first-order valence-electron chi connectivity index (χ1n) is 16.6. The summed E-state index contributed by atoms with van der Waals surface area (Å²) in [5, 5.41) is 48.8. The summed E-state index contributed by atoms with van der Waals surface area (Å²) >= 11 is 12.7. The Morgan fingerprint density at radius 2 is 0.870 bits per heavy atom. The van der Waals surface area contributed by atoms with Crippen LogP contribution in [-0.2, 0) is 0 Å². The average Bonchev–Trinajstić information content (AvgIpc) is 3.16. The van der Waals surface area contributed by atoms with E-state index in [0.717, 1.165) is 11.1 Å². The summed E-state index contributed by atoms with van der Waals surface area (Å²) in [5.41, 5.74) is 3.51. The number of carbonyl (C=O) groups excluding carboxylic acids is 2. The van der Waals surface area contributed by atoms with E-state index in [1.807, 2.05) is 50.2 Å². The molecule has 0 fully saturated rings. The number of phenolic OH excluding ortho intramolecular Hbond substituents is 2. The van der Waals surface area contributed by atoms with E-state index in [4.69, 9.17) is 23.2 Å². The molecule has 0 atom stereocenters. The zero-order chi connectivity index (χ0) is 37.9. The molecule has 7 rings (SSSR count). The molecule has 10 nitrogen and oxygen atoms in total. The third-order valence-corrected chi connectivity index (χ3v) is 9.37. The Hall–Kier alpha value is -6.62. The molecule has 0 aromatic heterocycles. The number of carbonyl (C=O) groups is 2. The quantitative estimate of drug-likeness (QED) is 0.114. The molecule has 12 heteroatoms. The third kappa shape index (κ3) is 7.20. The highest BCUT2D eigenvalue weighted by molar-refractivity contribution is 6.33. The molecule has 0 saturated carbocycles. The molecule has 7 aromatic rings. The number of rotatable bonds is 8. The standard InChI is InChI=1S/C42H30Cl2N6O4/c1-23-9-7-15-33(43)35(23)47-49-37-29-13-5-3-11-25(29)21-31(39(37)51)41(53)45-27-17-19-28(20-18-27)46-42(54)32-22-26-12-4-6-14-30(26)38(40(32)52)50-48-36-24(2)10-8-16-34(36)44/h3-22,51-52H,1-2H3,(H,45,53)(H,46,54). The van der Waals surface area contributed by atoms with Crippen LogP contribution in [0, 0.1) is 13.8 Å². The van der Waals surface area contributed by atoms with Gasteiger partial charge in [0.05, 0.1) is 21.2 Å². The van der Waals surface area contributed by atoms with Crippen LogP contribution in [0.4, 0.5) is 34.1 Å². The highest BCUT2D eigenvalue weighted by Crippen LogP contribution is 2.42. The predicted molar refractivity (Wildman–Crippen MR) is 214 cm³/mol. The first-order valence-corrected chi connectivity index (χ1v) is 17.4. The van der Waals surface area contributed by atoms with Gasteiger partial charge in [-0.15, -0.1) is 20.5 Å². The minimum Gasteiger partial charge on any atom is -0.505 e. The van der Waals surface area contributed by atoms with Gasteiger partial charge in [0.1, 0.15) is 22.7 Å². The van der Waals surface area contributed by atoms with Gasteiger partial charge in [-0.3, -0.25) is 9.59 Å². The van der Waals surface area contributed by atoms with E-state index in [1.54, 1.807) is 84.9 Å². The van der Waals surface area contributed by atoms with Crippen molar-refractivity contribution in [3.63, 3.8) is 0 Å². The van der Waals surface area contributed by atoms with Crippen molar-refractivity contribution >= 4 is 90.7 Å². The Morgan fingerprint density at radius 3 is 1.26 bits per heavy atom. The number of nitrogens with one attached hydrogen (secondary N) is 2. The second-order valence-corrected chi connectivity index (χ2v) is 13.2. The molecule has 266 valence electrons. The number of amides is 2. The normalized spacial score (nSPS) is 11.5. The van der Waals surface area contributed by atoms with Gasteiger partial charge >= 0.3 is 0 Å². The van der Waals surface area contributed by atoms with Crippen molar-refractivity contribution in [2.45, 2.75) is 13.8 Å². The maximum atomic E-state index is 13.5. The van der Waals surface area contributed by atoms with E-state index >= 15 is 0 Å². The second-order valence-electron chi connectivity index (χ2n) is 12.4. The van der Waals surface area contributed by atoms with Gasteiger partial charge in [0, 0.05) is 22.1 Å². The van der Waals surface area contributed by atoms with Crippen LogP contribution < -0.4 is 10.6 Å². The molecule has 0 spiro atoms. The highest BCUT2D eigenvalue weighted by atomic mass is 35.5. The lowest BCUT2D eigenvalue weighted by molar-refractivity contribution is 0.101. The van der Waals surface area contributed by atoms with E-state index in [1.165, 1.54) is 0 Å². The number of nitrogens with zero attached hydrogens (tertiary/aromatic N) is 4. The van der Waals surface area contributed by atoms with Crippen molar-refractivity contribution in [1.29, 1.82) is 0 Å². The van der Waals surface area contributed by atoms with Gasteiger partial charge in [0.2, 0.25) is 0 Å².